The summed E-state index contributed by atoms with van der Waals surface area (Å²) in [4.78, 5) is 16.6. The molecule has 0 aliphatic carbocycles. The van der Waals surface area contributed by atoms with Crippen LogP contribution in [0.15, 0.2) is 24.3 Å². The van der Waals surface area contributed by atoms with Crippen molar-refractivity contribution >= 4 is 11.6 Å². The van der Waals surface area contributed by atoms with E-state index in [9.17, 15) is 4.79 Å². The first-order chi connectivity index (χ1) is 10.8. The molecule has 1 aromatic carbocycles. The Labute approximate surface area is 132 Å². The number of rotatable bonds is 5. The molecule has 0 aromatic heterocycles. The van der Waals surface area contributed by atoms with Crippen molar-refractivity contribution in [3.63, 3.8) is 0 Å². The molecule has 2 aliphatic rings. The van der Waals surface area contributed by atoms with Crippen LogP contribution in [0, 0.1) is 0 Å². The van der Waals surface area contributed by atoms with E-state index >= 15 is 0 Å². The van der Waals surface area contributed by atoms with E-state index in [1.54, 1.807) is 0 Å². The molecule has 1 saturated heterocycles. The van der Waals surface area contributed by atoms with Gasteiger partial charge < -0.3 is 15.0 Å². The SMILES string of the molecule is O=C(COCCN1CCNCC1)N1CCCc2ccccc21. The lowest BCUT2D eigenvalue weighted by Gasteiger charge is -2.30. The molecule has 1 N–H and O–H groups in total. The maximum absolute atomic E-state index is 12.4. The molecule has 5 heteroatoms. The number of carbonyl (C=O) groups excluding carboxylic acids is 1. The molecular formula is C17H25N3O2. The normalized spacial score (nSPS) is 19.0. The van der Waals surface area contributed by atoms with E-state index in [1.807, 2.05) is 23.1 Å². The predicted octanol–water partition coefficient (Wildman–Crippen LogP) is 0.888. The summed E-state index contributed by atoms with van der Waals surface area (Å²) in [5.41, 5.74) is 2.33. The van der Waals surface area contributed by atoms with Gasteiger partial charge in [0.1, 0.15) is 6.61 Å². The van der Waals surface area contributed by atoms with Crippen molar-refractivity contribution < 1.29 is 9.53 Å². The Kier molecular flexibility index (Phi) is 5.43. The quantitative estimate of drug-likeness (QED) is 0.821. The molecule has 5 nitrogen and oxygen atoms in total. The molecule has 2 heterocycles. The van der Waals surface area contributed by atoms with Crippen LogP contribution < -0.4 is 10.2 Å². The van der Waals surface area contributed by atoms with Crippen molar-refractivity contribution in [2.24, 2.45) is 0 Å². The number of hydrogen-bond donors (Lipinski definition) is 1. The van der Waals surface area contributed by atoms with Crippen LogP contribution in [-0.4, -0.2) is 63.3 Å². The number of carbonyl (C=O) groups is 1. The standard InChI is InChI=1S/C17H25N3O2/c21-17(14-22-13-12-19-10-7-18-8-11-19)20-9-3-5-15-4-1-2-6-16(15)20/h1-2,4,6,18H,3,5,7-14H2. The van der Waals surface area contributed by atoms with Crippen molar-refractivity contribution in [2.45, 2.75) is 12.8 Å². The highest BCUT2D eigenvalue weighted by Gasteiger charge is 2.22. The summed E-state index contributed by atoms with van der Waals surface area (Å²) in [7, 11) is 0. The summed E-state index contributed by atoms with van der Waals surface area (Å²) in [6.07, 6.45) is 2.09. The molecule has 1 fully saturated rings. The summed E-state index contributed by atoms with van der Waals surface area (Å²) < 4.78 is 5.61. The Bertz CT molecular complexity index is 500. The maximum Gasteiger partial charge on any atom is 0.252 e. The number of hydrogen-bond acceptors (Lipinski definition) is 4. The second kappa shape index (κ2) is 7.72. The summed E-state index contributed by atoms with van der Waals surface area (Å²) >= 11 is 0. The van der Waals surface area contributed by atoms with E-state index in [4.69, 9.17) is 4.74 Å². The highest BCUT2D eigenvalue weighted by atomic mass is 16.5. The molecule has 2 aliphatic heterocycles. The molecule has 0 spiro atoms. The average Bonchev–Trinajstić information content (AvgIpc) is 2.59. The van der Waals surface area contributed by atoms with Crippen LogP contribution in [-0.2, 0) is 16.0 Å². The number of para-hydroxylation sites is 1. The van der Waals surface area contributed by atoms with Gasteiger partial charge in [-0.25, -0.2) is 0 Å². The van der Waals surface area contributed by atoms with Gasteiger partial charge in [0, 0.05) is 45.0 Å². The average molecular weight is 303 g/mol. The van der Waals surface area contributed by atoms with E-state index in [1.165, 1.54) is 5.56 Å². The summed E-state index contributed by atoms with van der Waals surface area (Å²) in [6.45, 7) is 6.74. The molecule has 0 bridgehead atoms. The second-order valence-corrected chi connectivity index (χ2v) is 5.92. The van der Waals surface area contributed by atoms with E-state index in [0.717, 1.165) is 57.8 Å². The molecule has 3 rings (SSSR count). The van der Waals surface area contributed by atoms with Crippen LogP contribution in [0.1, 0.15) is 12.0 Å². The molecule has 1 amide bonds. The van der Waals surface area contributed by atoms with Crippen molar-refractivity contribution in [3.8, 4) is 0 Å². The van der Waals surface area contributed by atoms with Crippen molar-refractivity contribution in [3.05, 3.63) is 29.8 Å². The Balaban J connectivity index is 1.44. The van der Waals surface area contributed by atoms with Crippen molar-refractivity contribution in [1.29, 1.82) is 0 Å². The third-order valence-corrected chi connectivity index (χ3v) is 4.40. The molecule has 0 saturated carbocycles. The summed E-state index contributed by atoms with van der Waals surface area (Å²) in [6, 6.07) is 8.18. The lowest BCUT2D eigenvalue weighted by Crippen LogP contribution is -2.45. The number of ether oxygens (including phenoxy) is 1. The largest absolute Gasteiger partial charge is 0.370 e. The van der Waals surface area contributed by atoms with Gasteiger partial charge in [0.05, 0.1) is 6.61 Å². The van der Waals surface area contributed by atoms with Gasteiger partial charge in [0.15, 0.2) is 0 Å². The molecule has 0 atom stereocenters. The Morgan fingerprint density at radius 3 is 2.86 bits per heavy atom. The number of aryl methyl sites for hydroxylation is 1. The zero-order valence-corrected chi connectivity index (χ0v) is 13.1. The van der Waals surface area contributed by atoms with Crippen molar-refractivity contribution in [2.75, 3.05) is 57.4 Å². The predicted molar refractivity (Wildman–Crippen MR) is 87.2 cm³/mol. The fraction of sp³-hybridized carbons (Fsp3) is 0.588. The maximum atomic E-state index is 12.4. The van der Waals surface area contributed by atoms with E-state index in [0.29, 0.717) is 6.61 Å². The van der Waals surface area contributed by atoms with E-state index < -0.39 is 0 Å². The zero-order chi connectivity index (χ0) is 15.2. The first-order valence-electron chi connectivity index (χ1n) is 8.24. The van der Waals surface area contributed by atoms with Crippen LogP contribution in [0.5, 0.6) is 0 Å². The fourth-order valence-electron chi connectivity index (χ4n) is 3.16. The van der Waals surface area contributed by atoms with Gasteiger partial charge in [-0.2, -0.15) is 0 Å². The first-order valence-corrected chi connectivity index (χ1v) is 8.24. The molecule has 0 radical (unpaired) electrons. The number of amides is 1. The first kappa shape index (κ1) is 15.5. The zero-order valence-electron chi connectivity index (χ0n) is 13.1. The highest BCUT2D eigenvalue weighted by molar-refractivity contribution is 5.95. The number of nitrogens with one attached hydrogen (secondary N) is 1. The van der Waals surface area contributed by atoms with Gasteiger partial charge in [-0.3, -0.25) is 9.69 Å². The number of benzene rings is 1. The molecule has 22 heavy (non-hydrogen) atoms. The smallest absolute Gasteiger partial charge is 0.252 e. The van der Waals surface area contributed by atoms with Gasteiger partial charge in [0.25, 0.3) is 5.91 Å². The van der Waals surface area contributed by atoms with Gasteiger partial charge in [0.2, 0.25) is 0 Å². The van der Waals surface area contributed by atoms with Crippen LogP contribution >= 0.6 is 0 Å². The third kappa shape index (κ3) is 3.85. The molecule has 0 unspecified atom stereocenters. The van der Waals surface area contributed by atoms with Gasteiger partial charge in [-0.1, -0.05) is 18.2 Å². The second-order valence-electron chi connectivity index (χ2n) is 5.92. The number of nitrogens with zero attached hydrogens (tertiary/aromatic N) is 2. The van der Waals surface area contributed by atoms with Gasteiger partial charge in [-0.05, 0) is 24.5 Å². The fourth-order valence-corrected chi connectivity index (χ4v) is 3.16. The van der Waals surface area contributed by atoms with Crippen LogP contribution in [0.2, 0.25) is 0 Å². The van der Waals surface area contributed by atoms with E-state index in [2.05, 4.69) is 16.3 Å². The number of fused-ring (bicyclic) bond motifs is 1. The number of anilines is 1. The number of piperazine rings is 1. The Morgan fingerprint density at radius 1 is 1.18 bits per heavy atom. The van der Waals surface area contributed by atoms with Gasteiger partial charge >= 0.3 is 0 Å². The Morgan fingerprint density at radius 2 is 2.00 bits per heavy atom. The van der Waals surface area contributed by atoms with Crippen LogP contribution in [0.3, 0.4) is 0 Å². The molecule has 1 aromatic rings. The topological polar surface area (TPSA) is 44.8 Å². The minimum Gasteiger partial charge on any atom is -0.370 e. The minimum absolute atomic E-state index is 0.0764. The minimum atomic E-state index is 0.0764. The van der Waals surface area contributed by atoms with Crippen LogP contribution in [0.4, 0.5) is 5.69 Å². The Hall–Kier alpha value is -1.43. The lowest BCUT2D eigenvalue weighted by atomic mass is 10.0. The third-order valence-electron chi connectivity index (χ3n) is 4.40. The van der Waals surface area contributed by atoms with E-state index in [-0.39, 0.29) is 12.5 Å². The molecule has 120 valence electrons. The lowest BCUT2D eigenvalue weighted by molar-refractivity contribution is -0.123. The monoisotopic (exact) mass is 303 g/mol. The van der Waals surface area contributed by atoms with Crippen LogP contribution in [0.25, 0.3) is 0 Å². The summed E-state index contributed by atoms with van der Waals surface area (Å²) in [5.74, 6) is 0.0764. The van der Waals surface area contributed by atoms with Crippen molar-refractivity contribution in [1.82, 2.24) is 10.2 Å². The highest BCUT2D eigenvalue weighted by Crippen LogP contribution is 2.26. The molecular weight excluding hydrogens is 278 g/mol. The van der Waals surface area contributed by atoms with Gasteiger partial charge in [-0.15, -0.1) is 0 Å². The summed E-state index contributed by atoms with van der Waals surface area (Å²) in [5, 5.41) is 3.33.